The van der Waals surface area contributed by atoms with Crippen molar-refractivity contribution < 1.29 is 17.9 Å². The molecule has 0 bridgehead atoms. The number of anilines is 2. The smallest absolute Gasteiger partial charge is 0.257 e. The molecule has 0 unspecified atom stereocenters. The summed E-state index contributed by atoms with van der Waals surface area (Å²) in [5.41, 5.74) is 1.24. The number of carbonyl (C=O) groups is 1. The average molecular weight is 388 g/mol. The highest BCUT2D eigenvalue weighted by Crippen LogP contribution is 2.26. The van der Waals surface area contributed by atoms with E-state index in [4.69, 9.17) is 4.74 Å². The summed E-state index contributed by atoms with van der Waals surface area (Å²) in [6, 6.07) is 13.8. The SMILES string of the molecule is CN(c1ccccc1C(=O)Nc1ccc(OC2CCCC2)cc1)S(C)(=O)=O. The predicted molar refractivity (Wildman–Crippen MR) is 107 cm³/mol. The molecule has 1 saturated carbocycles. The van der Waals surface area contributed by atoms with Crippen LogP contribution in [0.15, 0.2) is 48.5 Å². The van der Waals surface area contributed by atoms with Crippen LogP contribution < -0.4 is 14.4 Å². The summed E-state index contributed by atoms with van der Waals surface area (Å²) in [5, 5.41) is 2.81. The van der Waals surface area contributed by atoms with E-state index in [2.05, 4.69) is 5.32 Å². The third-order valence-electron chi connectivity index (χ3n) is 4.70. The van der Waals surface area contributed by atoms with Crippen molar-refractivity contribution in [2.24, 2.45) is 0 Å². The van der Waals surface area contributed by atoms with Crippen molar-refractivity contribution in [3.05, 3.63) is 54.1 Å². The van der Waals surface area contributed by atoms with Crippen molar-refractivity contribution >= 4 is 27.3 Å². The number of nitrogens with zero attached hydrogens (tertiary/aromatic N) is 1. The first-order valence-electron chi connectivity index (χ1n) is 8.95. The Labute approximate surface area is 160 Å². The molecular formula is C20H24N2O4S. The zero-order chi connectivity index (χ0) is 19.4. The Morgan fingerprint density at radius 2 is 1.70 bits per heavy atom. The van der Waals surface area contributed by atoms with Crippen molar-refractivity contribution in [1.29, 1.82) is 0 Å². The number of hydrogen-bond donors (Lipinski definition) is 1. The highest BCUT2D eigenvalue weighted by Gasteiger charge is 2.20. The first-order chi connectivity index (χ1) is 12.8. The van der Waals surface area contributed by atoms with E-state index in [1.165, 1.54) is 19.9 Å². The number of hydrogen-bond acceptors (Lipinski definition) is 4. The Hall–Kier alpha value is -2.54. The Balaban J connectivity index is 1.72. The second-order valence-corrected chi connectivity index (χ2v) is 8.76. The van der Waals surface area contributed by atoms with Gasteiger partial charge in [0.1, 0.15) is 5.75 Å². The quantitative estimate of drug-likeness (QED) is 0.819. The molecule has 1 N–H and O–H groups in total. The van der Waals surface area contributed by atoms with Gasteiger partial charge in [0.15, 0.2) is 0 Å². The maximum Gasteiger partial charge on any atom is 0.257 e. The fourth-order valence-electron chi connectivity index (χ4n) is 3.13. The number of para-hydroxylation sites is 1. The lowest BCUT2D eigenvalue weighted by molar-refractivity contribution is 0.102. The molecule has 1 aliphatic carbocycles. The maximum absolute atomic E-state index is 12.7. The molecule has 1 amide bonds. The summed E-state index contributed by atoms with van der Waals surface area (Å²) >= 11 is 0. The van der Waals surface area contributed by atoms with E-state index in [-0.39, 0.29) is 17.6 Å². The molecule has 27 heavy (non-hydrogen) atoms. The molecule has 0 saturated heterocycles. The number of sulfonamides is 1. The van der Waals surface area contributed by atoms with Gasteiger partial charge in [-0.05, 0) is 62.1 Å². The van der Waals surface area contributed by atoms with Gasteiger partial charge < -0.3 is 10.1 Å². The summed E-state index contributed by atoms with van der Waals surface area (Å²) in [7, 11) is -2.04. The molecule has 2 aromatic carbocycles. The normalized spacial score (nSPS) is 14.7. The molecule has 144 valence electrons. The van der Waals surface area contributed by atoms with Crippen molar-refractivity contribution in [2.75, 3.05) is 22.9 Å². The van der Waals surface area contributed by atoms with E-state index in [9.17, 15) is 13.2 Å². The van der Waals surface area contributed by atoms with E-state index >= 15 is 0 Å². The van der Waals surface area contributed by atoms with Gasteiger partial charge in [0.25, 0.3) is 5.91 Å². The molecule has 3 rings (SSSR count). The molecule has 0 spiro atoms. The number of benzene rings is 2. The summed E-state index contributed by atoms with van der Waals surface area (Å²) in [4.78, 5) is 12.7. The molecule has 7 heteroatoms. The highest BCUT2D eigenvalue weighted by molar-refractivity contribution is 7.92. The largest absolute Gasteiger partial charge is 0.490 e. The molecule has 1 fully saturated rings. The zero-order valence-electron chi connectivity index (χ0n) is 15.5. The molecular weight excluding hydrogens is 364 g/mol. The van der Waals surface area contributed by atoms with Gasteiger partial charge in [0.05, 0.1) is 23.6 Å². The monoisotopic (exact) mass is 388 g/mol. The molecule has 6 nitrogen and oxygen atoms in total. The van der Waals surface area contributed by atoms with E-state index in [1.807, 2.05) is 12.1 Å². The second kappa shape index (κ2) is 8.00. The van der Waals surface area contributed by atoms with Crippen LogP contribution in [0.1, 0.15) is 36.0 Å². The lowest BCUT2D eigenvalue weighted by Crippen LogP contribution is -2.27. The van der Waals surface area contributed by atoms with Gasteiger partial charge in [0.2, 0.25) is 10.0 Å². The number of nitrogens with one attached hydrogen (secondary N) is 1. The lowest BCUT2D eigenvalue weighted by atomic mass is 10.1. The standard InChI is InChI=1S/C20H24N2O4S/c1-22(27(2,24)25)19-10-6-5-9-18(19)20(23)21-15-11-13-17(14-12-15)26-16-7-3-4-8-16/h5-6,9-14,16H,3-4,7-8H2,1-2H3,(H,21,23). The summed E-state index contributed by atoms with van der Waals surface area (Å²) in [6.07, 6.45) is 5.97. The number of amides is 1. The van der Waals surface area contributed by atoms with Crippen molar-refractivity contribution in [1.82, 2.24) is 0 Å². The predicted octanol–water partition coefficient (Wildman–Crippen LogP) is 3.66. The first kappa shape index (κ1) is 19.2. The van der Waals surface area contributed by atoms with Crippen LogP contribution in [0, 0.1) is 0 Å². The fraction of sp³-hybridized carbons (Fsp3) is 0.350. The van der Waals surface area contributed by atoms with Crippen LogP contribution in [0.4, 0.5) is 11.4 Å². The third-order valence-corrected chi connectivity index (χ3v) is 5.89. The molecule has 0 radical (unpaired) electrons. The van der Waals surface area contributed by atoms with E-state index < -0.39 is 10.0 Å². The fourth-order valence-corrected chi connectivity index (χ4v) is 3.65. The first-order valence-corrected chi connectivity index (χ1v) is 10.8. The number of ether oxygens (including phenoxy) is 1. The third kappa shape index (κ3) is 4.80. The molecule has 0 atom stereocenters. The van der Waals surface area contributed by atoms with Gasteiger partial charge in [-0.15, -0.1) is 0 Å². The Kier molecular flexibility index (Phi) is 5.70. The van der Waals surface area contributed by atoms with Crippen molar-refractivity contribution in [3.8, 4) is 5.75 Å². The summed E-state index contributed by atoms with van der Waals surface area (Å²) in [6.45, 7) is 0. The molecule has 2 aromatic rings. The van der Waals surface area contributed by atoms with Crippen LogP contribution >= 0.6 is 0 Å². The van der Waals surface area contributed by atoms with Crippen LogP contribution in [0.25, 0.3) is 0 Å². The topological polar surface area (TPSA) is 75.7 Å². The van der Waals surface area contributed by atoms with Gasteiger partial charge >= 0.3 is 0 Å². The average Bonchev–Trinajstić information content (AvgIpc) is 3.15. The Morgan fingerprint density at radius 3 is 2.33 bits per heavy atom. The van der Waals surface area contributed by atoms with Gasteiger partial charge in [-0.1, -0.05) is 12.1 Å². The lowest BCUT2D eigenvalue weighted by Gasteiger charge is -2.20. The summed E-state index contributed by atoms with van der Waals surface area (Å²) < 4.78 is 30.7. The van der Waals surface area contributed by atoms with E-state index in [0.29, 0.717) is 11.4 Å². The summed E-state index contributed by atoms with van der Waals surface area (Å²) in [5.74, 6) is 0.419. The maximum atomic E-state index is 12.7. The van der Waals surface area contributed by atoms with Gasteiger partial charge in [-0.25, -0.2) is 8.42 Å². The Bertz CT molecular complexity index is 904. The van der Waals surface area contributed by atoms with Crippen LogP contribution in [0.3, 0.4) is 0 Å². The van der Waals surface area contributed by atoms with Crippen LogP contribution in [0.2, 0.25) is 0 Å². The van der Waals surface area contributed by atoms with Crippen molar-refractivity contribution in [2.45, 2.75) is 31.8 Å². The van der Waals surface area contributed by atoms with E-state index in [1.54, 1.807) is 36.4 Å². The molecule has 0 aromatic heterocycles. The molecule has 0 aliphatic heterocycles. The van der Waals surface area contributed by atoms with Crippen LogP contribution in [-0.4, -0.2) is 33.7 Å². The zero-order valence-corrected chi connectivity index (χ0v) is 16.3. The van der Waals surface area contributed by atoms with Gasteiger partial charge in [-0.3, -0.25) is 9.10 Å². The van der Waals surface area contributed by atoms with Crippen LogP contribution in [0.5, 0.6) is 5.75 Å². The molecule has 0 heterocycles. The Morgan fingerprint density at radius 1 is 1.07 bits per heavy atom. The minimum Gasteiger partial charge on any atom is -0.490 e. The molecule has 1 aliphatic rings. The number of rotatable bonds is 6. The van der Waals surface area contributed by atoms with Gasteiger partial charge in [0, 0.05) is 12.7 Å². The van der Waals surface area contributed by atoms with E-state index in [0.717, 1.165) is 29.2 Å². The number of carbonyl (C=O) groups excluding carboxylic acids is 1. The van der Waals surface area contributed by atoms with Gasteiger partial charge in [-0.2, -0.15) is 0 Å². The van der Waals surface area contributed by atoms with Crippen LogP contribution in [-0.2, 0) is 10.0 Å². The second-order valence-electron chi connectivity index (χ2n) is 6.75. The van der Waals surface area contributed by atoms with Crippen molar-refractivity contribution in [3.63, 3.8) is 0 Å². The minimum absolute atomic E-state index is 0.281. The minimum atomic E-state index is -3.47. The highest BCUT2D eigenvalue weighted by atomic mass is 32.2.